The van der Waals surface area contributed by atoms with E-state index in [1.165, 1.54) is 0 Å². The summed E-state index contributed by atoms with van der Waals surface area (Å²) in [6.07, 6.45) is 5.50. The predicted octanol–water partition coefficient (Wildman–Crippen LogP) is 8.23. The molecule has 0 N–H and O–H groups in total. The van der Waals surface area contributed by atoms with Crippen molar-refractivity contribution in [1.29, 1.82) is 10.5 Å². The predicted molar refractivity (Wildman–Crippen MR) is 147 cm³/mol. The Morgan fingerprint density at radius 2 is 0.917 bits per heavy atom. The van der Waals surface area contributed by atoms with E-state index in [9.17, 15) is 10.5 Å². The maximum absolute atomic E-state index is 9.82. The van der Waals surface area contributed by atoms with Crippen LogP contribution in [0.2, 0.25) is 0 Å². The first-order valence-electron chi connectivity index (χ1n) is 11.3. The second kappa shape index (κ2) is 11.6. The standard InChI is InChI=1S/C33H21N3/c1-36-33(30-15-9-4-10-16-30)22-27-18-25(20-31(23-34)28-11-5-2-6-12-28)17-26(19-27)21-32(24-35)29-13-7-3-8-14-29/h2-22H/b31-20+,32-21+,33-22-. The van der Waals surface area contributed by atoms with Gasteiger partial charge in [0.05, 0.1) is 29.9 Å². The fourth-order valence-electron chi connectivity index (χ4n) is 3.83. The molecule has 3 nitrogen and oxygen atoms in total. The minimum absolute atomic E-state index is 0.513. The van der Waals surface area contributed by atoms with E-state index in [2.05, 4.69) is 17.0 Å². The maximum atomic E-state index is 9.82. The van der Waals surface area contributed by atoms with Crippen LogP contribution < -0.4 is 0 Å². The zero-order valence-electron chi connectivity index (χ0n) is 19.5. The summed E-state index contributed by atoms with van der Waals surface area (Å²) >= 11 is 0. The summed E-state index contributed by atoms with van der Waals surface area (Å²) in [5.74, 6) is 0. The van der Waals surface area contributed by atoms with E-state index in [4.69, 9.17) is 6.57 Å². The molecule has 3 heteroatoms. The first-order valence-corrected chi connectivity index (χ1v) is 11.3. The molecule has 0 radical (unpaired) electrons. The van der Waals surface area contributed by atoms with Crippen molar-refractivity contribution >= 4 is 35.1 Å². The Hall–Kier alpha value is -5.43. The smallest absolute Gasteiger partial charge is 0.194 e. The van der Waals surface area contributed by atoms with Gasteiger partial charge in [-0.1, -0.05) is 91.0 Å². The van der Waals surface area contributed by atoms with Crippen molar-refractivity contribution in [2.45, 2.75) is 0 Å². The van der Waals surface area contributed by atoms with Gasteiger partial charge in [0.25, 0.3) is 0 Å². The fourth-order valence-corrected chi connectivity index (χ4v) is 3.83. The molecule has 0 aliphatic heterocycles. The number of benzene rings is 4. The molecule has 36 heavy (non-hydrogen) atoms. The third-order valence-corrected chi connectivity index (χ3v) is 5.53. The van der Waals surface area contributed by atoms with Crippen molar-refractivity contribution in [2.75, 3.05) is 0 Å². The molecule has 168 valence electrons. The largest absolute Gasteiger partial charge is 0.238 e. The minimum atomic E-state index is 0.513. The molecular weight excluding hydrogens is 438 g/mol. The molecule has 4 aromatic rings. The summed E-state index contributed by atoms with van der Waals surface area (Å²) in [5, 5.41) is 19.6. The lowest BCUT2D eigenvalue weighted by Crippen LogP contribution is -1.87. The molecule has 4 aromatic carbocycles. The average Bonchev–Trinajstić information content (AvgIpc) is 2.94. The number of allylic oxidation sites excluding steroid dienone is 2. The van der Waals surface area contributed by atoms with E-state index >= 15 is 0 Å². The Kier molecular flexibility index (Phi) is 7.66. The molecule has 0 heterocycles. The number of nitriles is 2. The van der Waals surface area contributed by atoms with Crippen molar-refractivity contribution < 1.29 is 0 Å². The molecule has 0 aliphatic rings. The highest BCUT2D eigenvalue weighted by molar-refractivity contribution is 5.93. The van der Waals surface area contributed by atoms with Crippen LogP contribution in [-0.2, 0) is 0 Å². The van der Waals surface area contributed by atoms with Crippen LogP contribution in [0.3, 0.4) is 0 Å². The van der Waals surface area contributed by atoms with Gasteiger partial charge in [-0.25, -0.2) is 4.85 Å². The van der Waals surface area contributed by atoms with E-state index in [0.29, 0.717) is 16.8 Å². The van der Waals surface area contributed by atoms with Gasteiger partial charge >= 0.3 is 0 Å². The highest BCUT2D eigenvalue weighted by Crippen LogP contribution is 2.26. The highest BCUT2D eigenvalue weighted by Gasteiger charge is 2.07. The van der Waals surface area contributed by atoms with Gasteiger partial charge in [0.2, 0.25) is 0 Å². The van der Waals surface area contributed by atoms with Gasteiger partial charge < -0.3 is 0 Å². The Bertz CT molecular complexity index is 1370. The van der Waals surface area contributed by atoms with Crippen LogP contribution >= 0.6 is 0 Å². The third-order valence-electron chi connectivity index (χ3n) is 5.53. The van der Waals surface area contributed by atoms with Crippen molar-refractivity contribution in [3.05, 3.63) is 154 Å². The van der Waals surface area contributed by atoms with Crippen LogP contribution in [0.4, 0.5) is 0 Å². The number of hydrogen-bond donors (Lipinski definition) is 0. The lowest BCUT2D eigenvalue weighted by molar-refractivity contribution is 1.51. The summed E-state index contributed by atoms with van der Waals surface area (Å²) in [4.78, 5) is 3.74. The first kappa shape index (κ1) is 23.7. The number of rotatable bonds is 6. The van der Waals surface area contributed by atoms with Crippen molar-refractivity contribution in [1.82, 2.24) is 0 Å². The minimum Gasteiger partial charge on any atom is -0.238 e. The van der Waals surface area contributed by atoms with Gasteiger partial charge in [-0.15, -0.1) is 0 Å². The zero-order valence-corrected chi connectivity index (χ0v) is 19.5. The van der Waals surface area contributed by atoms with Crippen LogP contribution in [0.15, 0.2) is 109 Å². The highest BCUT2D eigenvalue weighted by atomic mass is 14.7. The molecule has 0 aliphatic carbocycles. The average molecular weight is 460 g/mol. The SMILES string of the molecule is [C-]#[N+]/C(=C\c1cc(/C=C(\C#N)c2ccccc2)cc(/C=C(\C#N)c2ccccc2)c1)c1ccccc1. The summed E-state index contributed by atoms with van der Waals surface area (Å²) in [6, 6.07) is 38.9. The number of nitrogens with zero attached hydrogens (tertiary/aromatic N) is 3. The first-order chi connectivity index (χ1) is 17.7. The summed E-state index contributed by atoms with van der Waals surface area (Å²) in [6.45, 7) is 7.71. The Morgan fingerprint density at radius 3 is 1.28 bits per heavy atom. The molecular formula is C33H21N3. The van der Waals surface area contributed by atoms with Gasteiger partial charge in [-0.2, -0.15) is 10.5 Å². The van der Waals surface area contributed by atoms with Crippen LogP contribution in [0.5, 0.6) is 0 Å². The van der Waals surface area contributed by atoms with Gasteiger partial charge in [0, 0.05) is 0 Å². The van der Waals surface area contributed by atoms with Gasteiger partial charge in [-0.05, 0) is 69.8 Å². The van der Waals surface area contributed by atoms with Gasteiger partial charge in [-0.3, -0.25) is 0 Å². The molecule has 0 amide bonds. The lowest BCUT2D eigenvalue weighted by atomic mass is 9.97. The monoisotopic (exact) mass is 459 g/mol. The van der Waals surface area contributed by atoms with Crippen molar-refractivity contribution in [2.24, 2.45) is 0 Å². The second-order valence-electron chi connectivity index (χ2n) is 8.01. The van der Waals surface area contributed by atoms with Crippen molar-refractivity contribution in [3.8, 4) is 12.1 Å². The van der Waals surface area contributed by atoms with Crippen LogP contribution in [0, 0.1) is 29.2 Å². The molecule has 0 saturated heterocycles. The Balaban J connectivity index is 1.87. The molecule has 0 aromatic heterocycles. The Morgan fingerprint density at radius 1 is 0.556 bits per heavy atom. The normalized spacial score (nSPS) is 11.8. The maximum Gasteiger partial charge on any atom is 0.194 e. The molecule has 0 atom stereocenters. The third kappa shape index (κ3) is 5.92. The van der Waals surface area contributed by atoms with Crippen molar-refractivity contribution in [3.63, 3.8) is 0 Å². The fraction of sp³-hybridized carbons (Fsp3) is 0. The summed E-state index contributed by atoms with van der Waals surface area (Å²) in [5.41, 5.74) is 6.47. The van der Waals surface area contributed by atoms with E-state index in [-0.39, 0.29) is 0 Å². The molecule has 0 saturated carbocycles. The van der Waals surface area contributed by atoms with E-state index < -0.39 is 0 Å². The van der Waals surface area contributed by atoms with E-state index in [0.717, 1.165) is 33.4 Å². The number of hydrogen-bond acceptors (Lipinski definition) is 2. The van der Waals surface area contributed by atoms with Crippen LogP contribution in [0.1, 0.15) is 33.4 Å². The summed E-state index contributed by atoms with van der Waals surface area (Å²) in [7, 11) is 0. The lowest BCUT2D eigenvalue weighted by Gasteiger charge is -2.07. The van der Waals surface area contributed by atoms with E-state index in [1.807, 2.05) is 127 Å². The molecule has 4 rings (SSSR count). The van der Waals surface area contributed by atoms with E-state index in [1.54, 1.807) is 0 Å². The quantitative estimate of drug-likeness (QED) is 0.166. The Labute approximate surface area is 211 Å². The van der Waals surface area contributed by atoms with Gasteiger partial charge in [0.15, 0.2) is 5.70 Å². The topological polar surface area (TPSA) is 51.9 Å². The molecule has 0 unspecified atom stereocenters. The molecule has 0 spiro atoms. The zero-order chi connectivity index (χ0) is 25.2. The molecule has 0 fully saturated rings. The molecule has 0 bridgehead atoms. The van der Waals surface area contributed by atoms with Crippen LogP contribution in [-0.4, -0.2) is 0 Å². The second-order valence-corrected chi connectivity index (χ2v) is 8.01. The van der Waals surface area contributed by atoms with Gasteiger partial charge in [0.1, 0.15) is 0 Å². The van der Waals surface area contributed by atoms with Crippen LogP contribution in [0.25, 0.3) is 39.9 Å². The summed E-state index contributed by atoms with van der Waals surface area (Å²) < 4.78 is 0.